The highest BCUT2D eigenvalue weighted by Gasteiger charge is 2.10. The molecule has 0 spiro atoms. The molecule has 2 rings (SSSR count). The number of ether oxygens (including phenoxy) is 1. The zero-order chi connectivity index (χ0) is 17.0. The van der Waals surface area contributed by atoms with Crippen molar-refractivity contribution in [3.63, 3.8) is 0 Å². The highest BCUT2D eigenvalue weighted by Crippen LogP contribution is 2.25. The lowest BCUT2D eigenvalue weighted by atomic mass is 10.1. The molecule has 6 heteroatoms. The summed E-state index contributed by atoms with van der Waals surface area (Å²) >= 11 is 0. The van der Waals surface area contributed by atoms with Gasteiger partial charge in [-0.25, -0.2) is 0 Å². The minimum absolute atomic E-state index is 0.242. The molecule has 2 aromatic rings. The lowest BCUT2D eigenvalue weighted by Gasteiger charge is -2.19. The van der Waals surface area contributed by atoms with E-state index < -0.39 is 0 Å². The first kappa shape index (κ1) is 16.7. The molecule has 0 atom stereocenters. The number of methoxy groups -OCH3 is 1. The number of nitrogens with one attached hydrogen (secondary N) is 1. The molecule has 0 bridgehead atoms. The van der Waals surface area contributed by atoms with Crippen molar-refractivity contribution in [3.05, 3.63) is 46.6 Å². The van der Waals surface area contributed by atoms with Crippen molar-refractivity contribution >= 4 is 11.7 Å². The lowest BCUT2D eigenvalue weighted by Crippen LogP contribution is -2.22. The third-order valence-corrected chi connectivity index (χ3v) is 3.65. The van der Waals surface area contributed by atoms with Gasteiger partial charge in [-0.15, -0.1) is 10.2 Å². The molecular formula is C17H22N4O2. The molecule has 1 amide bonds. The number of anilines is 1. The minimum atomic E-state index is -0.242. The van der Waals surface area contributed by atoms with Crippen LogP contribution in [-0.2, 0) is 6.54 Å². The molecule has 1 aromatic heterocycles. The maximum Gasteiger partial charge on any atom is 0.271 e. The van der Waals surface area contributed by atoms with E-state index in [0.717, 1.165) is 16.9 Å². The van der Waals surface area contributed by atoms with Crippen LogP contribution in [0.4, 0.5) is 5.82 Å². The van der Waals surface area contributed by atoms with Crippen LogP contribution in [0.3, 0.4) is 0 Å². The first-order chi connectivity index (χ1) is 11.0. The van der Waals surface area contributed by atoms with Gasteiger partial charge < -0.3 is 15.0 Å². The molecule has 1 N–H and O–H groups in total. The van der Waals surface area contributed by atoms with Gasteiger partial charge >= 0.3 is 0 Å². The van der Waals surface area contributed by atoms with Crippen LogP contribution in [0.25, 0.3) is 0 Å². The number of hydrogen-bond donors (Lipinski definition) is 1. The van der Waals surface area contributed by atoms with Crippen LogP contribution < -0.4 is 15.0 Å². The Kier molecular flexibility index (Phi) is 5.16. The summed E-state index contributed by atoms with van der Waals surface area (Å²) in [6.07, 6.45) is 0. The van der Waals surface area contributed by atoms with Gasteiger partial charge in [-0.2, -0.15) is 0 Å². The Morgan fingerprint density at radius 2 is 1.87 bits per heavy atom. The minimum Gasteiger partial charge on any atom is -0.496 e. The zero-order valence-corrected chi connectivity index (χ0v) is 14.2. The first-order valence-electron chi connectivity index (χ1n) is 7.37. The summed E-state index contributed by atoms with van der Waals surface area (Å²) in [5.41, 5.74) is 3.69. The third kappa shape index (κ3) is 3.77. The molecule has 1 aromatic carbocycles. The quantitative estimate of drug-likeness (QED) is 0.915. The zero-order valence-electron chi connectivity index (χ0n) is 14.2. The number of rotatable bonds is 5. The van der Waals surface area contributed by atoms with E-state index in [2.05, 4.69) is 27.6 Å². The van der Waals surface area contributed by atoms with Crippen LogP contribution in [0, 0.1) is 13.8 Å². The highest BCUT2D eigenvalue weighted by atomic mass is 16.5. The monoisotopic (exact) mass is 314 g/mol. The van der Waals surface area contributed by atoms with Crippen LogP contribution in [-0.4, -0.2) is 37.3 Å². The molecular weight excluding hydrogens is 292 g/mol. The second-order valence-corrected chi connectivity index (χ2v) is 5.47. The Bertz CT molecular complexity index is 675. The van der Waals surface area contributed by atoms with Crippen molar-refractivity contribution in [2.24, 2.45) is 0 Å². The fourth-order valence-corrected chi connectivity index (χ4v) is 2.59. The van der Waals surface area contributed by atoms with Gasteiger partial charge in [-0.1, -0.05) is 12.1 Å². The predicted octanol–water partition coefficient (Wildman–Crippen LogP) is 2.10. The summed E-state index contributed by atoms with van der Waals surface area (Å²) in [4.78, 5) is 13.5. The molecule has 122 valence electrons. The van der Waals surface area contributed by atoms with Crippen molar-refractivity contribution in [2.45, 2.75) is 20.4 Å². The molecule has 0 radical (unpaired) electrons. The number of carbonyl (C=O) groups is 1. The van der Waals surface area contributed by atoms with Crippen molar-refractivity contribution in [1.82, 2.24) is 15.5 Å². The van der Waals surface area contributed by atoms with E-state index in [1.54, 1.807) is 26.3 Å². The van der Waals surface area contributed by atoms with Crippen molar-refractivity contribution in [1.29, 1.82) is 0 Å². The molecule has 0 aliphatic carbocycles. The number of aromatic nitrogens is 2. The highest BCUT2D eigenvalue weighted by molar-refractivity contribution is 5.91. The molecule has 0 fully saturated rings. The topological polar surface area (TPSA) is 67.4 Å². The first-order valence-corrected chi connectivity index (χ1v) is 7.37. The largest absolute Gasteiger partial charge is 0.496 e. The summed E-state index contributed by atoms with van der Waals surface area (Å²) < 4.78 is 5.39. The predicted molar refractivity (Wildman–Crippen MR) is 90.0 cm³/mol. The molecule has 0 aliphatic rings. The Hall–Kier alpha value is -2.63. The standard InChI is InChI=1S/C17H22N4O2/c1-11-8-13(9-12(2)16(11)23-5)10-21(4)15-7-6-14(19-20-15)17(22)18-3/h6-9H,10H2,1-5H3,(H,18,22). The van der Waals surface area contributed by atoms with Crippen LogP contribution in [0.5, 0.6) is 5.75 Å². The fraction of sp³-hybridized carbons (Fsp3) is 0.353. The van der Waals surface area contributed by atoms with Crippen LogP contribution in [0.2, 0.25) is 0 Å². The number of hydrogen-bond acceptors (Lipinski definition) is 5. The summed E-state index contributed by atoms with van der Waals surface area (Å²) in [6.45, 7) is 4.76. The summed E-state index contributed by atoms with van der Waals surface area (Å²) in [7, 11) is 5.20. The Morgan fingerprint density at radius 1 is 1.22 bits per heavy atom. The summed E-state index contributed by atoms with van der Waals surface area (Å²) in [5.74, 6) is 1.39. The lowest BCUT2D eigenvalue weighted by molar-refractivity contribution is 0.0957. The number of benzene rings is 1. The van der Waals surface area contributed by atoms with Crippen LogP contribution in [0.15, 0.2) is 24.3 Å². The summed E-state index contributed by atoms with van der Waals surface area (Å²) in [6, 6.07) is 7.67. The number of carbonyl (C=O) groups excluding carboxylic acids is 1. The van der Waals surface area contributed by atoms with Crippen molar-refractivity contribution in [3.8, 4) is 5.75 Å². The van der Waals surface area contributed by atoms with Gasteiger partial charge in [0.05, 0.1) is 7.11 Å². The number of aryl methyl sites for hydroxylation is 2. The second kappa shape index (κ2) is 7.09. The van der Waals surface area contributed by atoms with E-state index in [1.807, 2.05) is 25.8 Å². The van der Waals surface area contributed by atoms with Crippen molar-refractivity contribution < 1.29 is 9.53 Å². The molecule has 23 heavy (non-hydrogen) atoms. The third-order valence-electron chi connectivity index (χ3n) is 3.65. The van der Waals surface area contributed by atoms with Gasteiger partial charge in [0.2, 0.25) is 0 Å². The fourth-order valence-electron chi connectivity index (χ4n) is 2.59. The van der Waals surface area contributed by atoms with E-state index in [0.29, 0.717) is 18.1 Å². The number of nitrogens with zero attached hydrogens (tertiary/aromatic N) is 3. The average molecular weight is 314 g/mol. The molecule has 0 aliphatic heterocycles. The Balaban J connectivity index is 2.15. The maximum absolute atomic E-state index is 11.5. The Morgan fingerprint density at radius 3 is 2.35 bits per heavy atom. The molecule has 1 heterocycles. The molecule has 0 unspecified atom stereocenters. The van der Waals surface area contributed by atoms with E-state index in [4.69, 9.17) is 4.74 Å². The van der Waals surface area contributed by atoms with Gasteiger partial charge in [0.25, 0.3) is 5.91 Å². The number of amides is 1. The normalized spacial score (nSPS) is 10.3. The Labute approximate surface area is 136 Å². The SMILES string of the molecule is CNC(=O)c1ccc(N(C)Cc2cc(C)c(OC)c(C)c2)nn1. The smallest absolute Gasteiger partial charge is 0.271 e. The molecule has 0 saturated heterocycles. The average Bonchev–Trinajstić information content (AvgIpc) is 2.54. The van der Waals surface area contributed by atoms with Crippen LogP contribution in [0.1, 0.15) is 27.2 Å². The van der Waals surface area contributed by atoms with E-state index >= 15 is 0 Å². The van der Waals surface area contributed by atoms with E-state index in [-0.39, 0.29) is 5.91 Å². The van der Waals surface area contributed by atoms with Gasteiger partial charge in [0, 0.05) is 20.6 Å². The van der Waals surface area contributed by atoms with Crippen LogP contribution >= 0.6 is 0 Å². The molecule has 6 nitrogen and oxygen atoms in total. The van der Waals surface area contributed by atoms with Crippen molar-refractivity contribution in [2.75, 3.05) is 26.1 Å². The summed E-state index contributed by atoms with van der Waals surface area (Å²) in [5, 5.41) is 10.6. The van der Waals surface area contributed by atoms with E-state index in [9.17, 15) is 4.79 Å². The van der Waals surface area contributed by atoms with Gasteiger partial charge in [0.1, 0.15) is 5.75 Å². The van der Waals surface area contributed by atoms with Gasteiger partial charge in [-0.05, 0) is 42.7 Å². The van der Waals surface area contributed by atoms with E-state index in [1.165, 1.54) is 5.56 Å². The second-order valence-electron chi connectivity index (χ2n) is 5.47. The van der Waals surface area contributed by atoms with Gasteiger partial charge in [0.15, 0.2) is 11.5 Å². The van der Waals surface area contributed by atoms with Gasteiger partial charge in [-0.3, -0.25) is 4.79 Å². The maximum atomic E-state index is 11.5. The molecule has 0 saturated carbocycles.